The molecule has 0 heterocycles. The van der Waals surface area contributed by atoms with E-state index in [9.17, 15) is 0 Å². The Hall–Kier alpha value is 0.518. The van der Waals surface area contributed by atoms with Crippen LogP contribution < -0.4 is 0 Å². The summed E-state index contributed by atoms with van der Waals surface area (Å²) in [5.41, 5.74) is 0. The molecule has 0 rings (SSSR count). The summed E-state index contributed by atoms with van der Waals surface area (Å²) in [5.74, 6) is 0. The Morgan fingerprint density at radius 2 is 2.25 bits per heavy atom. The monoisotopic (exact) mass is 198 g/mol. The van der Waals surface area contributed by atoms with Gasteiger partial charge in [-0.15, -0.1) is 0 Å². The number of ether oxygens (including phenoxy) is 1. The number of methoxy groups -OCH3 is 1. The van der Waals surface area contributed by atoms with E-state index in [1.165, 1.54) is 12.8 Å². The molecule has 0 aliphatic rings. The third-order valence-electron chi connectivity index (χ3n) is 0.962. The Balaban J connectivity index is 2.99. The second-order valence-electron chi connectivity index (χ2n) is 1.68. The van der Waals surface area contributed by atoms with E-state index < -0.39 is 0 Å². The summed E-state index contributed by atoms with van der Waals surface area (Å²) >= 11 is 1.96. The molecule has 0 aliphatic heterocycles. The first-order valence-electron chi connectivity index (χ1n) is 2.88. The molecule has 0 atom stereocenters. The van der Waals surface area contributed by atoms with Crippen LogP contribution >= 0.6 is 0 Å². The quantitative estimate of drug-likeness (QED) is 0.619. The summed E-state index contributed by atoms with van der Waals surface area (Å²) in [5, 5.41) is 0. The summed E-state index contributed by atoms with van der Waals surface area (Å²) in [6.07, 6.45) is 3.63. The summed E-state index contributed by atoms with van der Waals surface area (Å²) in [6.45, 7) is 2.18. The first-order valence-corrected chi connectivity index (χ1v) is 3.88. The van der Waals surface area contributed by atoms with Gasteiger partial charge in [0.1, 0.15) is 0 Å². The van der Waals surface area contributed by atoms with Gasteiger partial charge in [-0.1, -0.05) is 0 Å². The van der Waals surface area contributed by atoms with Crippen molar-refractivity contribution >= 4 is 4.08 Å². The van der Waals surface area contributed by atoms with Gasteiger partial charge in [-0.2, -0.15) is 0 Å². The molecule has 0 fully saturated rings. The first kappa shape index (κ1) is 8.52. The van der Waals surface area contributed by atoms with Gasteiger partial charge >= 0.3 is 61.5 Å². The fourth-order valence-corrected chi connectivity index (χ4v) is 0.778. The second-order valence-corrected chi connectivity index (χ2v) is 2.80. The van der Waals surface area contributed by atoms with E-state index in [0.29, 0.717) is 0 Å². The maximum atomic E-state index is 4.97. The zero-order valence-corrected chi connectivity index (χ0v) is 7.44. The molecule has 0 aromatic carbocycles. The van der Waals surface area contributed by atoms with E-state index in [2.05, 4.69) is 6.92 Å². The van der Waals surface area contributed by atoms with Crippen LogP contribution in [0.4, 0.5) is 0 Å². The number of unbranched alkanes of at least 4 members (excludes halogenated alkanes) is 1. The van der Waals surface area contributed by atoms with Gasteiger partial charge in [0, 0.05) is 0 Å². The van der Waals surface area contributed by atoms with E-state index in [0.717, 1.165) is 10.5 Å². The molecule has 0 unspecified atom stereocenters. The van der Waals surface area contributed by atoms with Crippen LogP contribution in [0.1, 0.15) is 26.2 Å². The maximum absolute atomic E-state index is 4.97. The Labute approximate surface area is 61.8 Å². The fourth-order valence-electron chi connectivity index (χ4n) is 0.423. The van der Waals surface area contributed by atoms with Crippen molar-refractivity contribution < 1.29 is 24.1 Å². The minimum atomic E-state index is 1.12. The first-order chi connectivity index (χ1) is 3.81. The average molecular weight is 196 g/mol. The molecular formula is C6H12MoO. The number of rotatable bonds is 4. The predicted molar refractivity (Wildman–Crippen MR) is 31.5 cm³/mol. The van der Waals surface area contributed by atoms with Crippen molar-refractivity contribution in [3.63, 3.8) is 0 Å². The molecule has 0 N–H and O–H groups in total. The summed E-state index contributed by atoms with van der Waals surface area (Å²) in [4.78, 5) is 0. The van der Waals surface area contributed by atoms with E-state index >= 15 is 0 Å². The van der Waals surface area contributed by atoms with Gasteiger partial charge in [-0.25, -0.2) is 0 Å². The van der Waals surface area contributed by atoms with Gasteiger partial charge in [0.2, 0.25) is 0 Å². The normalized spacial score (nSPS) is 9.25. The van der Waals surface area contributed by atoms with E-state index in [-0.39, 0.29) is 0 Å². The molecule has 0 aromatic heterocycles. The summed E-state index contributed by atoms with van der Waals surface area (Å²) < 4.78 is 6.13. The summed E-state index contributed by atoms with van der Waals surface area (Å²) in [6, 6.07) is 0. The van der Waals surface area contributed by atoms with Gasteiger partial charge in [0.25, 0.3) is 0 Å². The zero-order chi connectivity index (χ0) is 6.41. The van der Waals surface area contributed by atoms with Crippen LogP contribution in [0.3, 0.4) is 0 Å². The third-order valence-corrected chi connectivity index (χ3v) is 1.87. The van der Waals surface area contributed by atoms with Crippen molar-refractivity contribution in [2.75, 3.05) is 7.11 Å². The Kier molecular flexibility index (Phi) is 6.02. The standard InChI is InChI=1S/C6H12O.Mo/c1-3-4-5-6-7-2;/h3-5H2,1-2H3;. The molecule has 2 heteroatoms. The van der Waals surface area contributed by atoms with Gasteiger partial charge in [-0.05, 0) is 0 Å². The average Bonchev–Trinajstić information content (AvgIpc) is 1.83. The minimum absolute atomic E-state index is 1.12. The van der Waals surface area contributed by atoms with Gasteiger partial charge in [0.05, 0.1) is 0 Å². The van der Waals surface area contributed by atoms with Gasteiger partial charge in [-0.3, -0.25) is 0 Å². The van der Waals surface area contributed by atoms with E-state index in [1.54, 1.807) is 7.11 Å². The van der Waals surface area contributed by atoms with Crippen LogP contribution in [0.2, 0.25) is 0 Å². The zero-order valence-electron chi connectivity index (χ0n) is 5.44. The molecule has 0 saturated heterocycles. The Morgan fingerprint density at radius 1 is 1.62 bits per heavy atom. The van der Waals surface area contributed by atoms with Crippen LogP contribution in [0, 0.1) is 0 Å². The molecule has 0 saturated carbocycles. The predicted octanol–water partition coefficient (Wildman–Crippen LogP) is 1.50. The van der Waals surface area contributed by atoms with Crippen LogP contribution in [0.25, 0.3) is 0 Å². The third kappa shape index (κ3) is 4.67. The Morgan fingerprint density at radius 3 is 2.62 bits per heavy atom. The van der Waals surface area contributed by atoms with Crippen molar-refractivity contribution in [1.82, 2.24) is 0 Å². The fraction of sp³-hybridized carbons (Fsp3) is 0.833. The molecule has 0 radical (unpaired) electrons. The van der Waals surface area contributed by atoms with Crippen molar-refractivity contribution in [2.45, 2.75) is 26.2 Å². The molecule has 0 amide bonds. The van der Waals surface area contributed by atoms with Crippen molar-refractivity contribution in [3.05, 3.63) is 0 Å². The van der Waals surface area contributed by atoms with Gasteiger partial charge < -0.3 is 0 Å². The molecule has 8 heavy (non-hydrogen) atoms. The SMILES string of the molecule is CCCC[C](=[Mo])OC. The molecule has 1 nitrogen and oxygen atoms in total. The van der Waals surface area contributed by atoms with Gasteiger partial charge in [0.15, 0.2) is 0 Å². The second kappa shape index (κ2) is 5.65. The summed E-state index contributed by atoms with van der Waals surface area (Å²) in [7, 11) is 1.73. The Bertz CT molecular complexity index is 70.9. The topological polar surface area (TPSA) is 9.23 Å². The molecule has 0 aliphatic carbocycles. The molecule has 0 spiro atoms. The molecule has 0 bridgehead atoms. The van der Waals surface area contributed by atoms with E-state index in [1.807, 2.05) is 19.4 Å². The molecule has 0 aromatic rings. The van der Waals surface area contributed by atoms with Crippen molar-refractivity contribution in [1.29, 1.82) is 0 Å². The van der Waals surface area contributed by atoms with E-state index in [4.69, 9.17) is 4.74 Å². The van der Waals surface area contributed by atoms with Crippen molar-refractivity contribution in [3.8, 4) is 0 Å². The van der Waals surface area contributed by atoms with Crippen LogP contribution in [-0.4, -0.2) is 11.2 Å². The number of hydrogen-bond donors (Lipinski definition) is 0. The molecular weight excluding hydrogens is 184 g/mol. The number of hydrogen-bond acceptors (Lipinski definition) is 1. The van der Waals surface area contributed by atoms with Crippen LogP contribution in [0.5, 0.6) is 0 Å². The van der Waals surface area contributed by atoms with Crippen LogP contribution in [-0.2, 0) is 24.1 Å². The molecule has 48 valence electrons. The van der Waals surface area contributed by atoms with Crippen molar-refractivity contribution in [2.24, 2.45) is 0 Å². The van der Waals surface area contributed by atoms with Crippen LogP contribution in [0.15, 0.2) is 0 Å².